The Balaban J connectivity index is 1.55. The van der Waals surface area contributed by atoms with Crippen molar-refractivity contribution in [2.24, 2.45) is 0 Å². The number of ether oxygens (including phenoxy) is 3. The van der Waals surface area contributed by atoms with Crippen molar-refractivity contribution in [1.29, 1.82) is 0 Å². The number of nitrogens with one attached hydrogen (secondary N) is 2. The molecule has 1 saturated heterocycles. The fraction of sp³-hybridized carbons (Fsp3) is 0.111. The lowest BCUT2D eigenvalue weighted by atomic mass is 10.1. The fourth-order valence-corrected chi connectivity index (χ4v) is 4.53. The number of hydrogen-bond donors (Lipinski definition) is 2. The van der Waals surface area contributed by atoms with Crippen molar-refractivity contribution in [2.45, 2.75) is 0 Å². The van der Waals surface area contributed by atoms with Crippen molar-refractivity contribution in [1.82, 2.24) is 5.32 Å². The molecular weight excluding hydrogens is 574 g/mol. The molecule has 0 radical (unpaired) electrons. The highest BCUT2D eigenvalue weighted by molar-refractivity contribution is 9.10. The third-order valence-electron chi connectivity index (χ3n) is 5.41. The van der Waals surface area contributed by atoms with Gasteiger partial charge in [-0.15, -0.1) is 0 Å². The maximum atomic E-state index is 13.2. The molecule has 3 aromatic carbocycles. The van der Waals surface area contributed by atoms with Crippen molar-refractivity contribution < 1.29 is 28.6 Å². The minimum atomic E-state index is -0.615. The summed E-state index contributed by atoms with van der Waals surface area (Å²) in [6.45, 7) is -0.308. The molecule has 0 saturated carbocycles. The Labute approximate surface area is 232 Å². The molecule has 1 aliphatic heterocycles. The highest BCUT2D eigenvalue weighted by Gasteiger charge is 2.34. The van der Waals surface area contributed by atoms with Crippen molar-refractivity contribution in [3.05, 3.63) is 82.3 Å². The summed E-state index contributed by atoms with van der Waals surface area (Å²) in [5.74, 6) is -0.503. The fourth-order valence-electron chi connectivity index (χ4n) is 3.67. The van der Waals surface area contributed by atoms with Crippen LogP contribution < -0.4 is 29.7 Å². The third-order valence-corrected chi connectivity index (χ3v) is 6.28. The zero-order valence-electron chi connectivity index (χ0n) is 20.3. The number of anilines is 2. The Morgan fingerprint density at radius 2 is 1.71 bits per heavy atom. The SMILES string of the molecule is COc1ccccc1NC(=O)COc1c(Br)cc(/C=C2/C(=O)NC(=S)N(c3ccccc3)C2=O)cc1OC. The summed E-state index contributed by atoms with van der Waals surface area (Å²) in [6.07, 6.45) is 1.43. The molecular formula is C27H22BrN3O6S. The van der Waals surface area contributed by atoms with Gasteiger partial charge < -0.3 is 19.5 Å². The Hall–Kier alpha value is -4.22. The molecule has 1 fully saturated rings. The predicted molar refractivity (Wildman–Crippen MR) is 150 cm³/mol. The van der Waals surface area contributed by atoms with Crippen LogP contribution in [-0.2, 0) is 14.4 Å². The molecule has 11 heteroatoms. The second-order valence-corrected chi connectivity index (χ2v) is 9.11. The van der Waals surface area contributed by atoms with E-state index in [1.54, 1.807) is 60.7 Å². The topological polar surface area (TPSA) is 106 Å². The van der Waals surface area contributed by atoms with Crippen molar-refractivity contribution >= 4 is 68.4 Å². The van der Waals surface area contributed by atoms with Crippen LogP contribution in [0.15, 0.2) is 76.8 Å². The van der Waals surface area contributed by atoms with Crippen LogP contribution in [0.2, 0.25) is 0 Å². The van der Waals surface area contributed by atoms with Gasteiger partial charge in [-0.2, -0.15) is 0 Å². The molecule has 0 atom stereocenters. The van der Waals surface area contributed by atoms with Gasteiger partial charge in [0.05, 0.1) is 30.1 Å². The van der Waals surface area contributed by atoms with E-state index in [9.17, 15) is 14.4 Å². The van der Waals surface area contributed by atoms with Crippen LogP contribution >= 0.6 is 28.1 Å². The first-order valence-electron chi connectivity index (χ1n) is 11.2. The number of hydrogen-bond acceptors (Lipinski definition) is 7. The molecule has 38 heavy (non-hydrogen) atoms. The number of carbonyl (C=O) groups excluding carboxylic acids is 3. The minimum absolute atomic E-state index is 0.00254. The Morgan fingerprint density at radius 1 is 1.03 bits per heavy atom. The van der Waals surface area contributed by atoms with Gasteiger partial charge in [0.1, 0.15) is 11.3 Å². The van der Waals surface area contributed by atoms with E-state index in [2.05, 4.69) is 26.6 Å². The Kier molecular flexibility index (Phi) is 8.39. The van der Waals surface area contributed by atoms with E-state index in [4.69, 9.17) is 26.4 Å². The second kappa shape index (κ2) is 11.9. The molecule has 0 unspecified atom stereocenters. The van der Waals surface area contributed by atoms with E-state index in [0.29, 0.717) is 27.2 Å². The molecule has 0 spiro atoms. The lowest BCUT2D eigenvalue weighted by molar-refractivity contribution is -0.122. The number of methoxy groups -OCH3 is 2. The lowest BCUT2D eigenvalue weighted by Crippen LogP contribution is -2.54. The standard InChI is InChI=1S/C27H22BrN3O6S/c1-35-21-11-7-6-10-20(21)29-23(32)15-37-24-19(28)13-16(14-22(24)36-2)12-18-25(33)30-27(38)31(26(18)34)17-8-4-3-5-9-17/h3-14H,15H2,1-2H3,(H,29,32)(H,30,33,38)/b18-12-. The molecule has 194 valence electrons. The molecule has 0 bridgehead atoms. The maximum absolute atomic E-state index is 13.2. The average Bonchev–Trinajstić information content (AvgIpc) is 2.91. The van der Waals surface area contributed by atoms with Crippen LogP contribution in [0, 0.1) is 0 Å². The van der Waals surface area contributed by atoms with Crippen LogP contribution in [0.25, 0.3) is 6.08 Å². The van der Waals surface area contributed by atoms with Gasteiger partial charge in [-0.05, 0) is 76.2 Å². The van der Waals surface area contributed by atoms with Gasteiger partial charge in [-0.3, -0.25) is 24.6 Å². The van der Waals surface area contributed by atoms with Gasteiger partial charge in [0, 0.05) is 0 Å². The quantitative estimate of drug-likeness (QED) is 0.227. The number of para-hydroxylation sites is 3. The lowest BCUT2D eigenvalue weighted by Gasteiger charge is -2.28. The van der Waals surface area contributed by atoms with Gasteiger partial charge in [0.15, 0.2) is 23.2 Å². The summed E-state index contributed by atoms with van der Waals surface area (Å²) in [5, 5.41) is 5.28. The summed E-state index contributed by atoms with van der Waals surface area (Å²) in [6, 6.07) is 19.0. The van der Waals surface area contributed by atoms with Crippen LogP contribution in [0.1, 0.15) is 5.56 Å². The molecule has 2 N–H and O–H groups in total. The summed E-state index contributed by atoms with van der Waals surface area (Å²) in [5.41, 5.74) is 1.42. The molecule has 1 heterocycles. The maximum Gasteiger partial charge on any atom is 0.270 e. The number of nitrogens with zero attached hydrogens (tertiary/aromatic N) is 1. The molecule has 1 aliphatic rings. The second-order valence-electron chi connectivity index (χ2n) is 7.86. The predicted octanol–water partition coefficient (Wildman–Crippen LogP) is 4.32. The van der Waals surface area contributed by atoms with E-state index in [0.717, 1.165) is 0 Å². The third kappa shape index (κ3) is 5.84. The molecule has 9 nitrogen and oxygen atoms in total. The smallest absolute Gasteiger partial charge is 0.270 e. The molecule has 3 amide bonds. The van der Waals surface area contributed by atoms with Gasteiger partial charge in [0.25, 0.3) is 17.7 Å². The zero-order chi connectivity index (χ0) is 27.2. The number of halogens is 1. The highest BCUT2D eigenvalue weighted by atomic mass is 79.9. The monoisotopic (exact) mass is 595 g/mol. The van der Waals surface area contributed by atoms with Crippen molar-refractivity contribution in [3.8, 4) is 17.2 Å². The largest absolute Gasteiger partial charge is 0.495 e. The summed E-state index contributed by atoms with van der Waals surface area (Å²) >= 11 is 8.65. The molecule has 0 aromatic heterocycles. The zero-order valence-corrected chi connectivity index (χ0v) is 22.7. The highest BCUT2D eigenvalue weighted by Crippen LogP contribution is 2.37. The van der Waals surface area contributed by atoms with E-state index < -0.39 is 17.7 Å². The number of thiocarbonyl (C=S) groups is 1. The van der Waals surface area contributed by atoms with Crippen LogP contribution in [0.3, 0.4) is 0 Å². The number of amides is 3. The minimum Gasteiger partial charge on any atom is -0.495 e. The van der Waals surface area contributed by atoms with Crippen LogP contribution in [0.4, 0.5) is 11.4 Å². The first kappa shape index (κ1) is 26.8. The summed E-state index contributed by atoms with van der Waals surface area (Å²) in [4.78, 5) is 39.6. The van der Waals surface area contributed by atoms with Gasteiger partial charge in [-0.1, -0.05) is 30.3 Å². The van der Waals surface area contributed by atoms with E-state index in [-0.39, 0.29) is 28.8 Å². The van der Waals surface area contributed by atoms with Gasteiger partial charge in [-0.25, -0.2) is 0 Å². The van der Waals surface area contributed by atoms with E-state index in [1.165, 1.54) is 25.2 Å². The van der Waals surface area contributed by atoms with Crippen molar-refractivity contribution in [2.75, 3.05) is 31.0 Å². The number of benzene rings is 3. The van der Waals surface area contributed by atoms with E-state index >= 15 is 0 Å². The number of rotatable bonds is 8. The van der Waals surface area contributed by atoms with Crippen molar-refractivity contribution in [3.63, 3.8) is 0 Å². The van der Waals surface area contributed by atoms with Crippen LogP contribution in [-0.4, -0.2) is 43.7 Å². The average molecular weight is 596 g/mol. The first-order chi connectivity index (χ1) is 18.3. The Bertz CT molecular complexity index is 1440. The van der Waals surface area contributed by atoms with E-state index in [1.807, 2.05) is 6.07 Å². The molecule has 4 rings (SSSR count). The molecule has 0 aliphatic carbocycles. The van der Waals surface area contributed by atoms with Crippen LogP contribution in [0.5, 0.6) is 17.2 Å². The molecule has 3 aromatic rings. The first-order valence-corrected chi connectivity index (χ1v) is 12.4. The Morgan fingerprint density at radius 3 is 2.42 bits per heavy atom. The normalized spacial score (nSPS) is 14.2. The van der Waals surface area contributed by atoms with Gasteiger partial charge >= 0.3 is 0 Å². The number of carbonyl (C=O) groups is 3. The van der Waals surface area contributed by atoms with Gasteiger partial charge in [0.2, 0.25) is 0 Å². The summed E-state index contributed by atoms with van der Waals surface area (Å²) < 4.78 is 16.9. The summed E-state index contributed by atoms with van der Waals surface area (Å²) in [7, 11) is 2.95.